The number of aromatic nitrogens is 2. The zero-order chi connectivity index (χ0) is 11.3. The highest BCUT2D eigenvalue weighted by molar-refractivity contribution is 6.79. The van der Waals surface area contributed by atoms with Crippen LogP contribution >= 0.6 is 0 Å². The van der Waals surface area contributed by atoms with Crippen LogP contribution in [-0.2, 0) is 13.5 Å². The third-order valence-electron chi connectivity index (χ3n) is 4.05. The first-order valence-corrected chi connectivity index (χ1v) is 8.96. The van der Waals surface area contributed by atoms with E-state index in [1.165, 1.54) is 36.4 Å². The lowest BCUT2D eigenvalue weighted by atomic mass is 10.4. The first-order chi connectivity index (χ1) is 7.17. The summed E-state index contributed by atoms with van der Waals surface area (Å²) in [4.78, 5) is 4.41. The van der Waals surface area contributed by atoms with Gasteiger partial charge in [0.2, 0.25) is 0 Å². The molecular formula is C12H24N2Si. The zero-order valence-corrected chi connectivity index (χ0v) is 11.6. The number of hydrogen-bond donors (Lipinski definition) is 0. The van der Waals surface area contributed by atoms with E-state index in [1.54, 1.807) is 0 Å². The summed E-state index contributed by atoms with van der Waals surface area (Å²) in [5.74, 6) is 1.25. The molecule has 0 atom stereocenters. The highest BCUT2D eigenvalue weighted by Crippen LogP contribution is 2.26. The highest BCUT2D eigenvalue weighted by atomic mass is 28.3. The van der Waals surface area contributed by atoms with Gasteiger partial charge in [-0.1, -0.05) is 44.9 Å². The van der Waals surface area contributed by atoms with Gasteiger partial charge < -0.3 is 4.57 Å². The molecule has 3 heteroatoms. The quantitative estimate of drug-likeness (QED) is 0.677. The van der Waals surface area contributed by atoms with Crippen LogP contribution in [0.1, 0.15) is 26.6 Å². The van der Waals surface area contributed by atoms with E-state index >= 15 is 0 Å². The summed E-state index contributed by atoms with van der Waals surface area (Å²) in [5, 5.41) is 0. The normalized spacial score (nSPS) is 12.0. The second-order valence-electron chi connectivity index (χ2n) is 4.52. The molecule has 0 amide bonds. The molecule has 15 heavy (non-hydrogen) atoms. The van der Waals surface area contributed by atoms with Gasteiger partial charge in [0.1, 0.15) is 5.82 Å². The summed E-state index contributed by atoms with van der Waals surface area (Å²) in [6, 6.07) is 5.67. The van der Waals surface area contributed by atoms with Crippen LogP contribution in [0.2, 0.25) is 24.2 Å². The van der Waals surface area contributed by atoms with E-state index in [9.17, 15) is 0 Å². The molecule has 0 radical (unpaired) electrons. The van der Waals surface area contributed by atoms with Crippen molar-refractivity contribution in [2.75, 3.05) is 0 Å². The molecule has 1 rings (SSSR count). The van der Waals surface area contributed by atoms with Crippen molar-refractivity contribution in [1.82, 2.24) is 9.55 Å². The molecule has 1 aromatic rings. The predicted molar refractivity (Wildman–Crippen MR) is 68.9 cm³/mol. The number of hydrogen-bond acceptors (Lipinski definition) is 1. The molecule has 1 aromatic heterocycles. The first-order valence-electron chi connectivity index (χ1n) is 6.13. The zero-order valence-electron chi connectivity index (χ0n) is 10.6. The van der Waals surface area contributed by atoms with Gasteiger partial charge in [-0.15, -0.1) is 0 Å². The first kappa shape index (κ1) is 12.5. The smallest absolute Gasteiger partial charge is 0.108 e. The molecule has 0 aliphatic carbocycles. The van der Waals surface area contributed by atoms with E-state index in [1.807, 2.05) is 12.4 Å². The summed E-state index contributed by atoms with van der Waals surface area (Å²) >= 11 is 0. The van der Waals surface area contributed by atoms with Gasteiger partial charge in [0.05, 0.1) is 8.07 Å². The van der Waals surface area contributed by atoms with Crippen LogP contribution in [0.5, 0.6) is 0 Å². The summed E-state index contributed by atoms with van der Waals surface area (Å²) in [5.41, 5.74) is 0. The molecule has 0 N–H and O–H groups in total. The maximum absolute atomic E-state index is 4.41. The van der Waals surface area contributed by atoms with Crippen molar-refractivity contribution in [1.29, 1.82) is 0 Å². The Bertz CT molecular complexity index is 281. The fourth-order valence-electron chi connectivity index (χ4n) is 2.29. The van der Waals surface area contributed by atoms with Gasteiger partial charge >= 0.3 is 0 Å². The fraction of sp³-hybridized carbons (Fsp3) is 0.750. The topological polar surface area (TPSA) is 17.8 Å². The molecule has 0 bridgehead atoms. The lowest BCUT2D eigenvalue weighted by Crippen LogP contribution is -2.31. The van der Waals surface area contributed by atoms with E-state index in [0.29, 0.717) is 0 Å². The molecule has 0 aromatic carbocycles. The van der Waals surface area contributed by atoms with Gasteiger partial charge in [-0.25, -0.2) is 4.98 Å². The minimum absolute atomic E-state index is 0.950. The summed E-state index contributed by atoms with van der Waals surface area (Å²) < 4.78 is 2.15. The fourth-order valence-corrected chi connectivity index (χ4v) is 5.61. The van der Waals surface area contributed by atoms with Crippen LogP contribution in [0.25, 0.3) is 0 Å². The largest absolute Gasteiger partial charge is 0.338 e. The Morgan fingerprint density at radius 1 is 1.20 bits per heavy atom. The Labute approximate surface area is 94.7 Å². The van der Waals surface area contributed by atoms with Crippen LogP contribution < -0.4 is 0 Å². The highest BCUT2D eigenvalue weighted by Gasteiger charge is 2.26. The Hall–Kier alpha value is -0.573. The molecule has 1 heterocycles. The van der Waals surface area contributed by atoms with Gasteiger partial charge in [0, 0.05) is 25.9 Å². The lowest BCUT2D eigenvalue weighted by molar-refractivity contribution is 0.797. The van der Waals surface area contributed by atoms with E-state index in [4.69, 9.17) is 0 Å². The lowest BCUT2D eigenvalue weighted by Gasteiger charge is -2.27. The van der Waals surface area contributed by atoms with Crippen LogP contribution in [0, 0.1) is 0 Å². The van der Waals surface area contributed by atoms with Gasteiger partial charge in [-0.05, 0) is 0 Å². The molecule has 86 valence electrons. The monoisotopic (exact) mass is 224 g/mol. The standard InChI is InChI=1S/C12H24N2Si/c1-5-15(6-2,7-3)11-8-12-13-9-10-14(12)4/h9-10H,5-8,11H2,1-4H3. The second-order valence-corrected chi connectivity index (χ2v) is 10.1. The van der Waals surface area contributed by atoms with E-state index in [0.717, 1.165) is 0 Å². The minimum Gasteiger partial charge on any atom is -0.338 e. The number of nitrogens with zero attached hydrogens (tertiary/aromatic N) is 2. The van der Waals surface area contributed by atoms with Crippen LogP contribution in [0.15, 0.2) is 12.4 Å². The summed E-state index contributed by atoms with van der Waals surface area (Å²) in [6.45, 7) is 7.12. The summed E-state index contributed by atoms with van der Waals surface area (Å²) in [6.07, 6.45) is 5.12. The number of aryl methyl sites for hydroxylation is 2. The SMILES string of the molecule is CC[Si](CC)(CC)CCc1nccn1C. The van der Waals surface area contributed by atoms with Crippen molar-refractivity contribution in [2.45, 2.75) is 51.4 Å². The van der Waals surface area contributed by atoms with Crippen LogP contribution in [0.3, 0.4) is 0 Å². The van der Waals surface area contributed by atoms with Crippen molar-refractivity contribution in [3.63, 3.8) is 0 Å². The van der Waals surface area contributed by atoms with Crippen LogP contribution in [-0.4, -0.2) is 17.6 Å². The van der Waals surface area contributed by atoms with E-state index < -0.39 is 8.07 Å². The van der Waals surface area contributed by atoms with E-state index in [2.05, 4.69) is 37.4 Å². The molecule has 0 saturated heterocycles. The van der Waals surface area contributed by atoms with E-state index in [-0.39, 0.29) is 0 Å². The Morgan fingerprint density at radius 2 is 1.80 bits per heavy atom. The van der Waals surface area contributed by atoms with Crippen molar-refractivity contribution >= 4 is 8.07 Å². The van der Waals surface area contributed by atoms with Crippen molar-refractivity contribution in [2.24, 2.45) is 7.05 Å². The second kappa shape index (κ2) is 5.49. The molecule has 0 aliphatic heterocycles. The Morgan fingerprint density at radius 3 is 2.20 bits per heavy atom. The Kier molecular flexibility index (Phi) is 4.58. The molecular weight excluding hydrogens is 200 g/mol. The average Bonchev–Trinajstić information content (AvgIpc) is 2.67. The van der Waals surface area contributed by atoms with Gasteiger partial charge in [-0.2, -0.15) is 0 Å². The maximum atomic E-state index is 4.41. The van der Waals surface area contributed by atoms with Gasteiger partial charge in [0.15, 0.2) is 0 Å². The van der Waals surface area contributed by atoms with Gasteiger partial charge in [-0.3, -0.25) is 0 Å². The molecule has 0 aliphatic rings. The average molecular weight is 224 g/mol. The molecule has 0 spiro atoms. The number of imidazole rings is 1. The third kappa shape index (κ3) is 2.94. The predicted octanol–water partition coefficient (Wildman–Crippen LogP) is 3.47. The molecule has 0 saturated carbocycles. The van der Waals surface area contributed by atoms with Gasteiger partial charge in [0.25, 0.3) is 0 Å². The molecule has 0 fully saturated rings. The van der Waals surface area contributed by atoms with Crippen molar-refractivity contribution < 1.29 is 0 Å². The van der Waals surface area contributed by atoms with Crippen molar-refractivity contribution in [3.8, 4) is 0 Å². The Balaban J connectivity index is 2.58. The summed E-state index contributed by atoms with van der Waals surface area (Å²) in [7, 11) is 1.14. The molecule has 2 nitrogen and oxygen atoms in total. The van der Waals surface area contributed by atoms with Crippen molar-refractivity contribution in [3.05, 3.63) is 18.2 Å². The maximum Gasteiger partial charge on any atom is 0.108 e. The number of rotatable bonds is 6. The third-order valence-corrected chi connectivity index (χ3v) is 9.86. The van der Waals surface area contributed by atoms with Crippen LogP contribution in [0.4, 0.5) is 0 Å². The minimum atomic E-state index is -0.950. The molecule has 0 unspecified atom stereocenters.